The highest BCUT2D eigenvalue weighted by Crippen LogP contribution is 1.87. The van der Waals surface area contributed by atoms with Gasteiger partial charge in [-0.25, -0.2) is 0 Å². The molecule has 0 bridgehead atoms. The number of carboxylic acids is 4. The lowest BCUT2D eigenvalue weighted by molar-refractivity contribution is -0.138. The van der Waals surface area contributed by atoms with Crippen LogP contribution in [0.5, 0.6) is 0 Å². The van der Waals surface area contributed by atoms with Crippen molar-refractivity contribution in [3.63, 3.8) is 0 Å². The molecule has 0 rings (SSSR count). The number of carbonyl (C=O) groups excluding carboxylic acids is 1. The predicted octanol–water partition coefficient (Wildman–Crippen LogP) is 0.713. The molecule has 0 aromatic heterocycles. The zero-order valence-corrected chi connectivity index (χ0v) is 11.7. The predicted molar refractivity (Wildman–Crippen MR) is 67.5 cm³/mol. The smallest absolute Gasteiger partial charge is 0.303 e. The number of ketones is 1. The molecule has 0 aromatic rings. The van der Waals surface area contributed by atoms with Crippen molar-refractivity contribution in [3.8, 4) is 0 Å². The Hall–Kier alpha value is -2.45. The molecule has 4 N–H and O–H groups in total. The third-order valence-corrected chi connectivity index (χ3v) is 0.691. The third kappa shape index (κ3) is 506. The number of hydrogen-bond acceptors (Lipinski definition) is 5. The van der Waals surface area contributed by atoms with Crippen molar-refractivity contribution in [2.45, 2.75) is 40.5 Å². The first-order valence-corrected chi connectivity index (χ1v) is 5.12. The van der Waals surface area contributed by atoms with E-state index in [0.29, 0.717) is 0 Å². The third-order valence-electron chi connectivity index (χ3n) is 0.691. The molecule has 0 spiro atoms. The van der Waals surface area contributed by atoms with Gasteiger partial charge < -0.3 is 25.2 Å². The average molecular weight is 296 g/mol. The first-order chi connectivity index (χ1) is 8.82. The molecule has 0 unspecified atom stereocenters. The second-order valence-corrected chi connectivity index (χ2v) is 3.15. The van der Waals surface area contributed by atoms with Crippen LogP contribution in [0, 0.1) is 0 Å². The monoisotopic (exact) mass is 296 g/mol. The summed E-state index contributed by atoms with van der Waals surface area (Å²) in [7, 11) is 0. The maximum absolute atomic E-state index is 10.1. The van der Waals surface area contributed by atoms with Gasteiger partial charge in [-0.15, -0.1) is 0 Å². The van der Waals surface area contributed by atoms with Crippen LogP contribution in [0.3, 0.4) is 0 Å². The Kier molecular flexibility index (Phi) is 24.7. The van der Waals surface area contributed by atoms with Crippen LogP contribution in [-0.4, -0.2) is 50.1 Å². The quantitative estimate of drug-likeness (QED) is 0.586. The topological polar surface area (TPSA) is 166 Å². The Morgan fingerprint density at radius 3 is 0.850 bits per heavy atom. The van der Waals surface area contributed by atoms with E-state index in [9.17, 15) is 9.59 Å². The largest absolute Gasteiger partial charge is 0.481 e. The standard InChI is InChI=1S/C5H8O3.3C2H4O2/c1-4(6)2-3-5(7)8;3*1-2(3)4/h2-3H2,1H3,(H,7,8);3*1H3,(H,3,4). The van der Waals surface area contributed by atoms with Crippen LogP contribution in [0.1, 0.15) is 40.5 Å². The molecule has 0 saturated carbocycles. The Morgan fingerprint density at radius 1 is 0.600 bits per heavy atom. The molecule has 0 amide bonds. The Balaban J connectivity index is -0.0000000917. The van der Waals surface area contributed by atoms with Crippen molar-refractivity contribution in [2.75, 3.05) is 0 Å². The van der Waals surface area contributed by atoms with E-state index in [1.165, 1.54) is 6.92 Å². The van der Waals surface area contributed by atoms with E-state index in [0.717, 1.165) is 20.8 Å². The van der Waals surface area contributed by atoms with Crippen LogP contribution in [0.4, 0.5) is 0 Å². The van der Waals surface area contributed by atoms with Gasteiger partial charge in [-0.3, -0.25) is 19.2 Å². The maximum Gasteiger partial charge on any atom is 0.303 e. The lowest BCUT2D eigenvalue weighted by Crippen LogP contribution is -1.98. The molecular formula is C11H20O9. The highest BCUT2D eigenvalue weighted by molar-refractivity contribution is 5.80. The van der Waals surface area contributed by atoms with E-state index in [-0.39, 0.29) is 18.6 Å². The number of aliphatic carboxylic acids is 4. The first kappa shape index (κ1) is 26.2. The van der Waals surface area contributed by atoms with Gasteiger partial charge in [-0.05, 0) is 6.92 Å². The van der Waals surface area contributed by atoms with E-state index in [1.54, 1.807) is 0 Å². The van der Waals surface area contributed by atoms with Gasteiger partial charge in [0.15, 0.2) is 0 Å². The van der Waals surface area contributed by atoms with Gasteiger partial charge >= 0.3 is 5.97 Å². The van der Waals surface area contributed by atoms with Crippen LogP contribution in [0.15, 0.2) is 0 Å². The van der Waals surface area contributed by atoms with E-state index in [4.69, 9.17) is 34.8 Å². The van der Waals surface area contributed by atoms with Crippen LogP contribution in [0.25, 0.3) is 0 Å². The van der Waals surface area contributed by atoms with E-state index >= 15 is 0 Å². The van der Waals surface area contributed by atoms with E-state index in [1.807, 2.05) is 0 Å². The maximum atomic E-state index is 10.1. The van der Waals surface area contributed by atoms with Crippen LogP contribution in [-0.2, 0) is 24.0 Å². The minimum absolute atomic E-state index is 0.0463. The molecular weight excluding hydrogens is 276 g/mol. The zero-order valence-electron chi connectivity index (χ0n) is 11.7. The fourth-order valence-corrected chi connectivity index (χ4v) is 0.283. The minimum Gasteiger partial charge on any atom is -0.481 e. The van der Waals surface area contributed by atoms with Crippen molar-refractivity contribution < 1.29 is 44.4 Å². The summed E-state index contributed by atoms with van der Waals surface area (Å²) in [6.07, 6.45) is 0.102. The lowest BCUT2D eigenvalue weighted by atomic mass is 10.2. The molecule has 9 nitrogen and oxygen atoms in total. The van der Waals surface area contributed by atoms with Gasteiger partial charge in [0.2, 0.25) is 0 Å². The number of hydrogen-bond donors (Lipinski definition) is 4. The van der Waals surface area contributed by atoms with Crippen molar-refractivity contribution >= 4 is 29.7 Å². The Morgan fingerprint density at radius 2 is 0.800 bits per heavy atom. The number of carbonyl (C=O) groups is 5. The zero-order chi connectivity index (χ0) is 17.3. The van der Waals surface area contributed by atoms with Gasteiger partial charge in [0.25, 0.3) is 17.9 Å². The molecule has 0 atom stereocenters. The SMILES string of the molecule is CC(=O)CCC(=O)O.CC(=O)O.CC(=O)O.CC(=O)O. The van der Waals surface area contributed by atoms with E-state index < -0.39 is 23.9 Å². The fraction of sp³-hybridized carbons (Fsp3) is 0.545. The normalized spacial score (nSPS) is 7.20. The number of Topliss-reactive ketones (excluding diaryl/α,β-unsaturated/α-hetero) is 1. The minimum atomic E-state index is -0.916. The molecule has 9 heteroatoms. The van der Waals surface area contributed by atoms with Gasteiger partial charge in [0.1, 0.15) is 5.78 Å². The summed E-state index contributed by atoms with van der Waals surface area (Å²) in [6.45, 7) is 4.63. The summed E-state index contributed by atoms with van der Waals surface area (Å²) >= 11 is 0. The molecule has 0 heterocycles. The molecule has 0 saturated heterocycles. The molecule has 0 fully saturated rings. The lowest BCUT2D eigenvalue weighted by Gasteiger charge is -1.86. The first-order valence-electron chi connectivity index (χ1n) is 5.12. The van der Waals surface area contributed by atoms with Crippen LogP contribution >= 0.6 is 0 Å². The summed E-state index contributed by atoms with van der Waals surface area (Å²) in [5.74, 6) is -3.49. The van der Waals surface area contributed by atoms with Gasteiger partial charge in [0.05, 0.1) is 6.42 Å². The van der Waals surface area contributed by atoms with E-state index in [2.05, 4.69) is 0 Å². The summed E-state index contributed by atoms with van der Waals surface area (Å²) < 4.78 is 0. The molecule has 20 heavy (non-hydrogen) atoms. The molecule has 0 aromatic carbocycles. The summed E-state index contributed by atoms with van der Waals surface area (Å²) in [6, 6.07) is 0. The molecule has 118 valence electrons. The molecule has 0 aliphatic carbocycles. The van der Waals surface area contributed by atoms with Crippen molar-refractivity contribution in [2.24, 2.45) is 0 Å². The second kappa shape index (κ2) is 18.9. The average Bonchev–Trinajstić information content (AvgIpc) is 2.11. The Bertz CT molecular complexity index is 265. The highest BCUT2D eigenvalue weighted by Gasteiger charge is 1.97. The molecule has 0 aliphatic heterocycles. The summed E-state index contributed by atoms with van der Waals surface area (Å²) in [4.78, 5) is 46.8. The van der Waals surface area contributed by atoms with Gasteiger partial charge in [-0.2, -0.15) is 0 Å². The number of rotatable bonds is 3. The second-order valence-electron chi connectivity index (χ2n) is 3.15. The number of carboxylic acid groups (broad SMARTS) is 4. The van der Waals surface area contributed by atoms with Crippen molar-refractivity contribution in [1.29, 1.82) is 0 Å². The van der Waals surface area contributed by atoms with Crippen LogP contribution in [0.2, 0.25) is 0 Å². The van der Waals surface area contributed by atoms with Crippen LogP contribution < -0.4 is 0 Å². The highest BCUT2D eigenvalue weighted by atomic mass is 16.4. The van der Waals surface area contributed by atoms with Gasteiger partial charge in [-0.1, -0.05) is 0 Å². The van der Waals surface area contributed by atoms with Crippen molar-refractivity contribution in [3.05, 3.63) is 0 Å². The van der Waals surface area contributed by atoms with Crippen molar-refractivity contribution in [1.82, 2.24) is 0 Å². The summed E-state index contributed by atoms with van der Waals surface area (Å²) in [5.41, 5.74) is 0. The molecule has 0 radical (unpaired) electrons. The fourth-order valence-electron chi connectivity index (χ4n) is 0.283. The Labute approximate surface area is 115 Å². The van der Waals surface area contributed by atoms with Gasteiger partial charge in [0, 0.05) is 27.2 Å². The molecule has 0 aliphatic rings. The summed E-state index contributed by atoms with van der Waals surface area (Å²) in [5, 5.41) is 30.3.